The fourth-order valence-electron chi connectivity index (χ4n) is 3.91. The summed E-state index contributed by atoms with van der Waals surface area (Å²) in [6.07, 6.45) is 10.4. The molecule has 2 N–H and O–H groups in total. The van der Waals surface area contributed by atoms with Gasteiger partial charge in [-0.05, 0) is 49.2 Å². The van der Waals surface area contributed by atoms with Gasteiger partial charge < -0.3 is 15.5 Å². The Kier molecular flexibility index (Phi) is 7.67. The summed E-state index contributed by atoms with van der Waals surface area (Å²) < 4.78 is 0. The Morgan fingerprint density at radius 3 is 2.52 bits per heavy atom. The molecule has 1 heterocycles. The highest BCUT2D eigenvalue weighted by Gasteiger charge is 2.37. The van der Waals surface area contributed by atoms with Crippen LogP contribution in [0.25, 0.3) is 5.57 Å². The summed E-state index contributed by atoms with van der Waals surface area (Å²) in [6.45, 7) is 10.1. The van der Waals surface area contributed by atoms with Crippen molar-refractivity contribution < 1.29 is 9.59 Å². The van der Waals surface area contributed by atoms with Crippen molar-refractivity contribution in [3.63, 3.8) is 0 Å². The van der Waals surface area contributed by atoms with Gasteiger partial charge in [0.2, 0.25) is 0 Å². The lowest BCUT2D eigenvalue weighted by Gasteiger charge is -2.21. The SMILES string of the molecule is C=CN(/C=C(/C)N)C(C)/C=C\C(=C/CC)c1cccc2c1C(=O)C(=O)N2Cc1ccccc1. The van der Waals surface area contributed by atoms with Crippen LogP contribution in [-0.2, 0) is 11.3 Å². The highest BCUT2D eigenvalue weighted by Crippen LogP contribution is 2.36. The monoisotopic (exact) mass is 441 g/mol. The predicted octanol–water partition coefficient (Wildman–Crippen LogP) is 5.42. The molecule has 5 nitrogen and oxygen atoms in total. The third-order valence-corrected chi connectivity index (χ3v) is 5.51. The Morgan fingerprint density at radius 2 is 1.88 bits per heavy atom. The summed E-state index contributed by atoms with van der Waals surface area (Å²) in [5, 5.41) is 0. The molecule has 1 aliphatic rings. The van der Waals surface area contributed by atoms with Crippen molar-refractivity contribution in [3.8, 4) is 0 Å². The van der Waals surface area contributed by atoms with Gasteiger partial charge >= 0.3 is 0 Å². The summed E-state index contributed by atoms with van der Waals surface area (Å²) in [5.74, 6) is -0.953. The molecule has 1 unspecified atom stereocenters. The second-order valence-corrected chi connectivity index (χ2v) is 8.08. The molecule has 1 atom stereocenters. The van der Waals surface area contributed by atoms with Gasteiger partial charge in [-0.3, -0.25) is 9.59 Å². The van der Waals surface area contributed by atoms with Crippen LogP contribution in [0, 0.1) is 0 Å². The number of ketones is 1. The minimum Gasteiger partial charge on any atom is -0.401 e. The Balaban J connectivity index is 1.98. The highest BCUT2D eigenvalue weighted by atomic mass is 16.2. The first-order valence-corrected chi connectivity index (χ1v) is 11.1. The van der Waals surface area contributed by atoms with Gasteiger partial charge in [0.15, 0.2) is 0 Å². The predicted molar refractivity (Wildman–Crippen MR) is 135 cm³/mol. The molecule has 0 radical (unpaired) electrons. The first-order valence-electron chi connectivity index (χ1n) is 11.1. The number of rotatable bonds is 9. The number of carbonyl (C=O) groups excluding carboxylic acids is 2. The number of anilines is 1. The van der Waals surface area contributed by atoms with Gasteiger partial charge in [0.1, 0.15) is 0 Å². The molecular weight excluding hydrogens is 410 g/mol. The Labute approximate surface area is 196 Å². The van der Waals surface area contributed by atoms with E-state index in [0.29, 0.717) is 23.5 Å². The van der Waals surface area contributed by atoms with Crippen LogP contribution >= 0.6 is 0 Å². The first kappa shape index (κ1) is 23.8. The number of nitrogens with zero attached hydrogens (tertiary/aromatic N) is 2. The molecule has 0 aliphatic carbocycles. The Hall–Kier alpha value is -3.86. The van der Waals surface area contributed by atoms with E-state index >= 15 is 0 Å². The summed E-state index contributed by atoms with van der Waals surface area (Å²) >= 11 is 0. The first-order chi connectivity index (χ1) is 15.9. The normalized spacial score (nSPS) is 15.2. The number of allylic oxidation sites excluding steroid dienone is 4. The molecule has 5 heteroatoms. The minimum absolute atomic E-state index is 0.00456. The number of carbonyl (C=O) groups is 2. The van der Waals surface area contributed by atoms with Gasteiger partial charge in [0.25, 0.3) is 11.7 Å². The molecule has 33 heavy (non-hydrogen) atoms. The molecule has 0 fully saturated rings. The zero-order chi connectivity index (χ0) is 24.0. The van der Waals surface area contributed by atoms with E-state index in [-0.39, 0.29) is 6.04 Å². The van der Waals surface area contributed by atoms with Gasteiger partial charge in [0, 0.05) is 17.9 Å². The summed E-state index contributed by atoms with van der Waals surface area (Å²) in [7, 11) is 0. The van der Waals surface area contributed by atoms with Gasteiger partial charge in [-0.2, -0.15) is 0 Å². The number of hydrogen-bond acceptors (Lipinski definition) is 4. The fraction of sp³-hybridized carbons (Fsp3) is 0.214. The average molecular weight is 442 g/mol. The van der Waals surface area contributed by atoms with Crippen LogP contribution in [0.1, 0.15) is 48.7 Å². The van der Waals surface area contributed by atoms with Crippen LogP contribution in [0.3, 0.4) is 0 Å². The lowest BCUT2D eigenvalue weighted by Crippen LogP contribution is -2.29. The van der Waals surface area contributed by atoms with E-state index in [9.17, 15) is 9.59 Å². The van der Waals surface area contributed by atoms with Crippen molar-refractivity contribution in [1.82, 2.24) is 4.90 Å². The quantitative estimate of drug-likeness (QED) is 0.417. The number of Topliss-reactive ketones (excluding diaryl/α,β-unsaturated/α-hetero) is 1. The van der Waals surface area contributed by atoms with Gasteiger partial charge in [-0.1, -0.05) is 74.2 Å². The van der Waals surface area contributed by atoms with Gasteiger partial charge in [-0.25, -0.2) is 0 Å². The van der Waals surface area contributed by atoms with E-state index in [2.05, 4.69) is 12.7 Å². The molecular formula is C28H31N3O2. The fourth-order valence-corrected chi connectivity index (χ4v) is 3.91. The van der Waals surface area contributed by atoms with Crippen molar-refractivity contribution >= 4 is 23.0 Å². The van der Waals surface area contributed by atoms with Crippen molar-refractivity contribution in [2.45, 2.75) is 39.8 Å². The number of amides is 1. The molecule has 170 valence electrons. The lowest BCUT2D eigenvalue weighted by molar-refractivity contribution is -0.114. The smallest absolute Gasteiger partial charge is 0.299 e. The van der Waals surface area contributed by atoms with E-state index in [1.807, 2.05) is 92.6 Å². The van der Waals surface area contributed by atoms with Crippen molar-refractivity contribution in [3.05, 3.63) is 108 Å². The summed E-state index contributed by atoms with van der Waals surface area (Å²) in [5.41, 5.74) is 10.3. The van der Waals surface area contributed by atoms with Crippen molar-refractivity contribution in [2.75, 3.05) is 4.90 Å². The van der Waals surface area contributed by atoms with Crippen LogP contribution < -0.4 is 10.6 Å². The van der Waals surface area contributed by atoms with Crippen molar-refractivity contribution in [1.29, 1.82) is 0 Å². The van der Waals surface area contributed by atoms with Crippen LogP contribution in [0.4, 0.5) is 5.69 Å². The maximum absolute atomic E-state index is 13.1. The topological polar surface area (TPSA) is 66.6 Å². The molecule has 0 saturated heterocycles. The Bertz CT molecular complexity index is 1130. The van der Waals surface area contributed by atoms with Crippen LogP contribution in [0.2, 0.25) is 0 Å². The van der Waals surface area contributed by atoms with E-state index in [1.165, 1.54) is 0 Å². The second-order valence-electron chi connectivity index (χ2n) is 8.08. The number of hydrogen-bond donors (Lipinski definition) is 1. The van der Waals surface area contributed by atoms with Crippen molar-refractivity contribution in [2.24, 2.45) is 5.73 Å². The van der Waals surface area contributed by atoms with E-state index < -0.39 is 11.7 Å². The van der Waals surface area contributed by atoms with E-state index in [4.69, 9.17) is 5.73 Å². The molecule has 1 aliphatic heterocycles. The van der Waals surface area contributed by atoms with Gasteiger partial charge in [0.05, 0.1) is 17.8 Å². The molecule has 1 amide bonds. The standard InChI is InChI=1S/C28H31N3O2/c1-5-11-23(17-16-21(4)30(6-2)18-20(3)29)24-14-10-15-25-26(24)27(32)28(33)31(25)19-22-12-8-7-9-13-22/h6-18,21H,2,5,19,29H2,1,3-4H3/b17-16-,20-18-,23-11+. The molecule has 0 bridgehead atoms. The minimum atomic E-state index is -0.490. The molecule has 3 rings (SSSR count). The molecule has 0 aromatic heterocycles. The van der Waals surface area contributed by atoms with Crippen LogP contribution in [-0.4, -0.2) is 22.6 Å². The summed E-state index contributed by atoms with van der Waals surface area (Å²) in [4.78, 5) is 29.4. The third-order valence-electron chi connectivity index (χ3n) is 5.51. The third kappa shape index (κ3) is 5.32. The molecule has 0 saturated carbocycles. The van der Waals surface area contributed by atoms with Crippen LogP contribution in [0.5, 0.6) is 0 Å². The molecule has 2 aromatic carbocycles. The number of fused-ring (bicyclic) bond motifs is 1. The van der Waals surface area contributed by atoms with Gasteiger partial charge in [-0.15, -0.1) is 0 Å². The zero-order valence-electron chi connectivity index (χ0n) is 19.5. The largest absolute Gasteiger partial charge is 0.401 e. The molecule has 0 spiro atoms. The zero-order valence-corrected chi connectivity index (χ0v) is 19.5. The lowest BCUT2D eigenvalue weighted by atomic mass is 9.95. The average Bonchev–Trinajstić information content (AvgIpc) is 3.05. The maximum Gasteiger partial charge on any atom is 0.299 e. The number of nitrogens with two attached hydrogens (primary N) is 1. The second kappa shape index (κ2) is 10.6. The van der Waals surface area contributed by atoms with Crippen LogP contribution in [0.15, 0.2) is 91.4 Å². The van der Waals surface area contributed by atoms with E-state index in [1.54, 1.807) is 11.1 Å². The summed E-state index contributed by atoms with van der Waals surface area (Å²) in [6, 6.07) is 15.3. The number of benzene rings is 2. The molecule has 2 aromatic rings. The Morgan fingerprint density at radius 1 is 1.15 bits per heavy atom. The maximum atomic E-state index is 13.1. The highest BCUT2D eigenvalue weighted by molar-refractivity contribution is 6.53. The van der Waals surface area contributed by atoms with E-state index in [0.717, 1.165) is 23.1 Å².